The summed E-state index contributed by atoms with van der Waals surface area (Å²) < 4.78 is 35.5. The van der Waals surface area contributed by atoms with Gasteiger partial charge >= 0.3 is 6.01 Å². The Labute approximate surface area is 250 Å². The summed E-state index contributed by atoms with van der Waals surface area (Å²) >= 11 is 0. The van der Waals surface area contributed by atoms with Gasteiger partial charge in [-0.1, -0.05) is 19.1 Å². The van der Waals surface area contributed by atoms with Crippen LogP contribution in [0.4, 0.5) is 10.2 Å². The Morgan fingerprint density at radius 2 is 2.07 bits per heavy atom. The molecule has 4 aliphatic heterocycles. The molecule has 1 aliphatic carbocycles. The van der Waals surface area contributed by atoms with Gasteiger partial charge in [-0.05, 0) is 80.7 Å². The average molecular weight is 588 g/mol. The normalized spacial score (nSPS) is 26.8. The lowest BCUT2D eigenvalue weighted by Crippen LogP contribution is -2.43. The molecular weight excluding hydrogens is 549 g/mol. The fraction of sp³-hybridized carbons (Fsp3) is 0.545. The van der Waals surface area contributed by atoms with Gasteiger partial charge in [0.05, 0.1) is 18.2 Å². The van der Waals surface area contributed by atoms with Crippen LogP contribution in [0, 0.1) is 5.82 Å². The topological polar surface area (TPSA) is 93.1 Å². The van der Waals surface area contributed by atoms with Crippen molar-refractivity contribution in [2.45, 2.75) is 69.4 Å². The maximum absolute atomic E-state index is 16.9. The summed E-state index contributed by atoms with van der Waals surface area (Å²) in [5.74, 6) is 0.632. The van der Waals surface area contributed by atoms with Crippen LogP contribution in [0.15, 0.2) is 24.3 Å². The molecule has 0 spiro atoms. The molecule has 3 aromatic rings. The second-order valence-corrected chi connectivity index (χ2v) is 13.0. The van der Waals surface area contributed by atoms with E-state index in [4.69, 9.17) is 29.2 Å². The number of anilines is 1. The van der Waals surface area contributed by atoms with E-state index in [1.807, 2.05) is 0 Å². The molecule has 3 atom stereocenters. The summed E-state index contributed by atoms with van der Waals surface area (Å²) in [6, 6.07) is 3.48. The largest absolute Gasteiger partial charge is 0.508 e. The minimum atomic E-state index is -0.555. The number of hydrogen-bond donors (Lipinski definition) is 1. The number of phenols is 1. The van der Waals surface area contributed by atoms with E-state index in [0.29, 0.717) is 55.6 Å². The first-order valence-corrected chi connectivity index (χ1v) is 15.7. The number of pyridine rings is 1. The highest BCUT2D eigenvalue weighted by molar-refractivity contribution is 5.97. The molecule has 226 valence electrons. The van der Waals surface area contributed by atoms with E-state index in [2.05, 4.69) is 23.3 Å². The maximum atomic E-state index is 16.9. The number of nitrogens with zero attached hydrogens (tertiary/aromatic N) is 5. The minimum absolute atomic E-state index is 0.104. The fourth-order valence-corrected chi connectivity index (χ4v) is 8.15. The Morgan fingerprint density at radius 3 is 2.98 bits per heavy atom. The number of aromatic nitrogens is 3. The van der Waals surface area contributed by atoms with Crippen molar-refractivity contribution in [1.29, 1.82) is 0 Å². The Morgan fingerprint density at radius 1 is 1.16 bits per heavy atom. The molecule has 5 aliphatic rings. The van der Waals surface area contributed by atoms with Gasteiger partial charge in [-0.25, -0.2) is 9.37 Å². The van der Waals surface area contributed by atoms with E-state index in [-0.39, 0.29) is 40.5 Å². The summed E-state index contributed by atoms with van der Waals surface area (Å²) in [6.07, 6.45) is 6.71. The van der Waals surface area contributed by atoms with Crippen molar-refractivity contribution in [3.8, 4) is 28.9 Å². The monoisotopic (exact) mass is 587 g/mol. The Hall–Kier alpha value is -3.50. The number of phenolic OH excluding ortho intramolecular Hbond substituents is 1. The molecule has 10 heteroatoms. The second-order valence-electron chi connectivity index (χ2n) is 13.0. The molecule has 0 bridgehead atoms. The summed E-state index contributed by atoms with van der Waals surface area (Å²) in [4.78, 5) is 19.0. The van der Waals surface area contributed by atoms with Gasteiger partial charge in [0.2, 0.25) is 5.88 Å². The Bertz CT molecular complexity index is 1630. The molecule has 8 rings (SSSR count). The first kappa shape index (κ1) is 27.1. The van der Waals surface area contributed by atoms with Crippen LogP contribution in [0.1, 0.15) is 62.5 Å². The number of hydrogen-bond acceptors (Lipinski definition) is 9. The summed E-state index contributed by atoms with van der Waals surface area (Å²) in [6.45, 7) is 10.9. The molecule has 0 amide bonds. The van der Waals surface area contributed by atoms with Crippen LogP contribution in [-0.2, 0) is 11.2 Å². The van der Waals surface area contributed by atoms with Crippen molar-refractivity contribution in [2.24, 2.45) is 0 Å². The van der Waals surface area contributed by atoms with Gasteiger partial charge in [-0.2, -0.15) is 9.97 Å². The average Bonchev–Trinajstić information content (AvgIpc) is 3.34. The van der Waals surface area contributed by atoms with E-state index in [1.165, 1.54) is 5.57 Å². The molecular formula is C33H38FN5O4. The summed E-state index contributed by atoms with van der Waals surface area (Å²) in [5, 5.41) is 11.1. The van der Waals surface area contributed by atoms with Crippen molar-refractivity contribution >= 4 is 16.7 Å². The highest BCUT2D eigenvalue weighted by atomic mass is 19.1. The Kier molecular flexibility index (Phi) is 6.49. The van der Waals surface area contributed by atoms with Crippen LogP contribution in [0.2, 0.25) is 0 Å². The van der Waals surface area contributed by atoms with Gasteiger partial charge in [0.25, 0.3) is 0 Å². The molecule has 6 heterocycles. The van der Waals surface area contributed by atoms with Gasteiger partial charge in [0.15, 0.2) is 5.82 Å². The summed E-state index contributed by atoms with van der Waals surface area (Å²) in [5.41, 5.74) is 4.03. The molecule has 3 fully saturated rings. The van der Waals surface area contributed by atoms with E-state index >= 15 is 4.39 Å². The number of ether oxygens (including phenoxy) is 3. The second kappa shape index (κ2) is 10.3. The molecule has 3 saturated heterocycles. The molecule has 1 unspecified atom stereocenters. The highest BCUT2D eigenvalue weighted by Gasteiger charge is 2.46. The lowest BCUT2D eigenvalue weighted by molar-refractivity contribution is 0.108. The zero-order chi connectivity index (χ0) is 29.3. The third-order valence-electron chi connectivity index (χ3n) is 10.1. The van der Waals surface area contributed by atoms with Crippen molar-refractivity contribution in [3.05, 3.63) is 41.2 Å². The number of halogens is 1. The van der Waals surface area contributed by atoms with E-state index < -0.39 is 5.82 Å². The van der Waals surface area contributed by atoms with Crippen molar-refractivity contribution in [2.75, 3.05) is 51.0 Å². The lowest BCUT2D eigenvalue weighted by atomic mass is 9.80. The molecule has 0 saturated carbocycles. The highest BCUT2D eigenvalue weighted by Crippen LogP contribution is 2.46. The molecule has 1 aromatic carbocycles. The third-order valence-corrected chi connectivity index (χ3v) is 10.1. The van der Waals surface area contributed by atoms with Gasteiger partial charge < -0.3 is 24.2 Å². The van der Waals surface area contributed by atoms with Crippen LogP contribution < -0.4 is 14.4 Å². The fourth-order valence-electron chi connectivity index (χ4n) is 8.15. The molecule has 9 nitrogen and oxygen atoms in total. The standard InChI is InChI=1S/C33H38FN5O4/c1-19-14-33(8-4-9-38(33)15-19)18-43-32-36-29-26-30(37-32)39-10-5-11-41-16-22(39)17-42-31(26)35-28(27(29)34)24-13-23(40)12-21-7-3-6-20(2)25(21)24/h12-13,20,22,40H,1,3-11,14-18H2,2H3/t20-,22+,33?/m1/s1. The molecule has 1 N–H and O–H groups in total. The maximum Gasteiger partial charge on any atom is 0.319 e. The quantitative estimate of drug-likeness (QED) is 0.417. The van der Waals surface area contributed by atoms with E-state index in [9.17, 15) is 5.11 Å². The number of benzene rings is 1. The minimum Gasteiger partial charge on any atom is -0.508 e. The number of rotatable bonds is 4. The van der Waals surface area contributed by atoms with Crippen LogP contribution in [-0.4, -0.2) is 82.6 Å². The van der Waals surface area contributed by atoms with Crippen molar-refractivity contribution in [1.82, 2.24) is 19.9 Å². The van der Waals surface area contributed by atoms with Crippen molar-refractivity contribution in [3.63, 3.8) is 0 Å². The lowest BCUT2D eigenvalue weighted by Gasteiger charge is -2.31. The van der Waals surface area contributed by atoms with Gasteiger partial charge in [0.1, 0.15) is 41.4 Å². The molecule has 2 aromatic heterocycles. The number of aryl methyl sites for hydroxylation is 1. The van der Waals surface area contributed by atoms with Gasteiger partial charge in [-0.3, -0.25) is 4.90 Å². The van der Waals surface area contributed by atoms with Crippen LogP contribution in [0.5, 0.6) is 17.6 Å². The predicted molar refractivity (Wildman–Crippen MR) is 161 cm³/mol. The first-order valence-electron chi connectivity index (χ1n) is 15.7. The molecule has 0 radical (unpaired) electrons. The van der Waals surface area contributed by atoms with Crippen molar-refractivity contribution < 1.29 is 23.7 Å². The van der Waals surface area contributed by atoms with E-state index in [1.54, 1.807) is 12.1 Å². The smallest absolute Gasteiger partial charge is 0.319 e. The van der Waals surface area contributed by atoms with Crippen LogP contribution in [0.25, 0.3) is 22.2 Å². The zero-order valence-electron chi connectivity index (χ0n) is 24.7. The molecule has 43 heavy (non-hydrogen) atoms. The number of fused-ring (bicyclic) bond motifs is 4. The van der Waals surface area contributed by atoms with Gasteiger partial charge in [-0.15, -0.1) is 0 Å². The first-order chi connectivity index (χ1) is 20.9. The SMILES string of the molecule is C=C1CN2CCCC2(COc2nc3c4c(nc(-c5cc(O)cc6c5[C@H](C)CCC6)c(F)c4n2)OC[C@@H]2COCCCN32)C1. The van der Waals surface area contributed by atoms with Crippen LogP contribution >= 0.6 is 0 Å². The zero-order valence-corrected chi connectivity index (χ0v) is 24.7. The third kappa shape index (κ3) is 4.44. The van der Waals surface area contributed by atoms with E-state index in [0.717, 1.165) is 69.2 Å². The number of aromatic hydroxyl groups is 1. The van der Waals surface area contributed by atoms with Gasteiger partial charge in [0, 0.05) is 25.3 Å². The predicted octanol–water partition coefficient (Wildman–Crippen LogP) is 5.14. The Balaban J connectivity index is 1.30. The summed E-state index contributed by atoms with van der Waals surface area (Å²) in [7, 11) is 0. The van der Waals surface area contributed by atoms with Crippen LogP contribution in [0.3, 0.4) is 0 Å².